The number of nitrogens with one attached hydrogen (secondary N) is 1. The highest BCUT2D eigenvalue weighted by Crippen LogP contribution is 2.15. The predicted molar refractivity (Wildman–Crippen MR) is 56.5 cm³/mol. The van der Waals surface area contributed by atoms with Gasteiger partial charge in [-0.3, -0.25) is 0 Å². The monoisotopic (exact) mass is 185 g/mol. The summed E-state index contributed by atoms with van der Waals surface area (Å²) in [5, 5.41) is 3.22. The van der Waals surface area contributed by atoms with Crippen molar-refractivity contribution in [3.8, 4) is 0 Å². The molecule has 0 saturated carbocycles. The van der Waals surface area contributed by atoms with E-state index in [9.17, 15) is 0 Å². The van der Waals surface area contributed by atoms with E-state index < -0.39 is 0 Å². The summed E-state index contributed by atoms with van der Waals surface area (Å²) in [6.45, 7) is 1.98. The lowest BCUT2D eigenvalue weighted by Gasteiger charge is -2.06. The standard InChI is InChI=1S/C11H11N3/c1-9-7-12-8-13-11(9)14-10-5-3-2-4-6-10/h2-8H,1H3,(H,12,13,14). The average molecular weight is 185 g/mol. The number of hydrogen-bond acceptors (Lipinski definition) is 3. The van der Waals surface area contributed by atoms with Crippen LogP contribution in [0.2, 0.25) is 0 Å². The van der Waals surface area contributed by atoms with E-state index >= 15 is 0 Å². The number of para-hydroxylation sites is 1. The minimum Gasteiger partial charge on any atom is -0.340 e. The third-order valence-corrected chi connectivity index (χ3v) is 1.93. The van der Waals surface area contributed by atoms with E-state index in [-0.39, 0.29) is 0 Å². The molecule has 3 heteroatoms. The van der Waals surface area contributed by atoms with Gasteiger partial charge in [0.15, 0.2) is 0 Å². The lowest BCUT2D eigenvalue weighted by molar-refractivity contribution is 1.13. The second-order valence-corrected chi connectivity index (χ2v) is 3.05. The van der Waals surface area contributed by atoms with Gasteiger partial charge in [0.05, 0.1) is 0 Å². The van der Waals surface area contributed by atoms with Crippen molar-refractivity contribution in [3.05, 3.63) is 48.4 Å². The molecule has 0 saturated heterocycles. The summed E-state index contributed by atoms with van der Waals surface area (Å²) in [6, 6.07) is 9.96. The van der Waals surface area contributed by atoms with Crippen LogP contribution in [0.15, 0.2) is 42.9 Å². The van der Waals surface area contributed by atoms with Gasteiger partial charge < -0.3 is 5.32 Å². The smallest absolute Gasteiger partial charge is 0.136 e. The van der Waals surface area contributed by atoms with Crippen LogP contribution in [0.25, 0.3) is 0 Å². The predicted octanol–water partition coefficient (Wildman–Crippen LogP) is 2.53. The molecule has 1 aromatic carbocycles. The Hall–Kier alpha value is -1.90. The summed E-state index contributed by atoms with van der Waals surface area (Å²) in [5.74, 6) is 0.853. The Labute approximate surface area is 82.8 Å². The summed E-state index contributed by atoms with van der Waals surface area (Å²) in [4.78, 5) is 8.09. The third-order valence-electron chi connectivity index (χ3n) is 1.93. The molecule has 0 fully saturated rings. The van der Waals surface area contributed by atoms with Crippen molar-refractivity contribution in [2.75, 3.05) is 5.32 Å². The van der Waals surface area contributed by atoms with Crippen LogP contribution in [-0.4, -0.2) is 9.97 Å². The average Bonchev–Trinajstić information content (AvgIpc) is 2.23. The minimum absolute atomic E-state index is 0.853. The van der Waals surface area contributed by atoms with Crippen LogP contribution < -0.4 is 5.32 Å². The van der Waals surface area contributed by atoms with Crippen LogP contribution in [0.3, 0.4) is 0 Å². The first-order valence-corrected chi connectivity index (χ1v) is 4.45. The van der Waals surface area contributed by atoms with E-state index in [4.69, 9.17) is 0 Å². The number of nitrogens with zero attached hydrogens (tertiary/aromatic N) is 2. The number of rotatable bonds is 2. The largest absolute Gasteiger partial charge is 0.340 e. The van der Waals surface area contributed by atoms with Gasteiger partial charge in [-0.15, -0.1) is 0 Å². The molecule has 3 nitrogen and oxygen atoms in total. The first-order valence-electron chi connectivity index (χ1n) is 4.45. The molecular weight excluding hydrogens is 174 g/mol. The fourth-order valence-electron chi connectivity index (χ4n) is 1.19. The van der Waals surface area contributed by atoms with Crippen LogP contribution in [0.4, 0.5) is 11.5 Å². The highest BCUT2D eigenvalue weighted by molar-refractivity contribution is 5.57. The molecular formula is C11H11N3. The zero-order chi connectivity index (χ0) is 9.80. The van der Waals surface area contributed by atoms with Crippen molar-refractivity contribution in [2.24, 2.45) is 0 Å². The Bertz CT molecular complexity index is 412. The van der Waals surface area contributed by atoms with Gasteiger partial charge in [-0.25, -0.2) is 9.97 Å². The molecule has 1 aromatic heterocycles. The van der Waals surface area contributed by atoms with Gasteiger partial charge in [-0.2, -0.15) is 0 Å². The van der Waals surface area contributed by atoms with E-state index in [0.717, 1.165) is 17.1 Å². The quantitative estimate of drug-likeness (QED) is 0.781. The highest BCUT2D eigenvalue weighted by Gasteiger charge is 1.98. The Balaban J connectivity index is 2.24. The van der Waals surface area contributed by atoms with Gasteiger partial charge in [0.25, 0.3) is 0 Å². The fourth-order valence-corrected chi connectivity index (χ4v) is 1.19. The fraction of sp³-hybridized carbons (Fsp3) is 0.0909. The van der Waals surface area contributed by atoms with E-state index in [1.165, 1.54) is 6.33 Å². The van der Waals surface area contributed by atoms with Crippen molar-refractivity contribution in [1.82, 2.24) is 9.97 Å². The molecule has 14 heavy (non-hydrogen) atoms. The lowest BCUT2D eigenvalue weighted by atomic mass is 10.3. The molecule has 0 atom stereocenters. The molecule has 0 aliphatic heterocycles. The summed E-state index contributed by atoms with van der Waals surface area (Å²) in [5.41, 5.74) is 2.07. The van der Waals surface area contributed by atoms with Gasteiger partial charge in [-0.1, -0.05) is 18.2 Å². The number of aryl methyl sites for hydroxylation is 1. The molecule has 0 amide bonds. The molecule has 0 radical (unpaired) electrons. The van der Waals surface area contributed by atoms with Crippen LogP contribution in [0, 0.1) is 6.92 Å². The molecule has 1 N–H and O–H groups in total. The molecule has 0 bridgehead atoms. The molecule has 0 aliphatic rings. The number of benzene rings is 1. The molecule has 2 rings (SSSR count). The van der Waals surface area contributed by atoms with Crippen LogP contribution >= 0.6 is 0 Å². The van der Waals surface area contributed by atoms with E-state index in [1.807, 2.05) is 37.3 Å². The van der Waals surface area contributed by atoms with E-state index in [2.05, 4.69) is 15.3 Å². The molecule has 0 spiro atoms. The summed E-state index contributed by atoms with van der Waals surface area (Å²) < 4.78 is 0. The van der Waals surface area contributed by atoms with Crippen LogP contribution in [0.1, 0.15) is 5.56 Å². The molecule has 70 valence electrons. The minimum atomic E-state index is 0.853. The summed E-state index contributed by atoms with van der Waals surface area (Å²) >= 11 is 0. The zero-order valence-electron chi connectivity index (χ0n) is 7.94. The van der Waals surface area contributed by atoms with E-state index in [1.54, 1.807) is 6.20 Å². The van der Waals surface area contributed by atoms with Crippen LogP contribution in [0.5, 0.6) is 0 Å². The Kier molecular flexibility index (Phi) is 2.40. The maximum atomic E-state index is 4.15. The SMILES string of the molecule is Cc1cncnc1Nc1ccccc1. The van der Waals surface area contributed by atoms with Gasteiger partial charge in [0, 0.05) is 17.4 Å². The van der Waals surface area contributed by atoms with Crippen molar-refractivity contribution in [3.63, 3.8) is 0 Å². The molecule has 2 aromatic rings. The molecule has 0 unspecified atom stereocenters. The Morgan fingerprint density at radius 3 is 2.64 bits per heavy atom. The third kappa shape index (κ3) is 1.88. The Morgan fingerprint density at radius 2 is 1.93 bits per heavy atom. The number of aromatic nitrogens is 2. The molecule has 0 aliphatic carbocycles. The van der Waals surface area contributed by atoms with Gasteiger partial charge in [-0.05, 0) is 19.1 Å². The van der Waals surface area contributed by atoms with Crippen molar-refractivity contribution < 1.29 is 0 Å². The summed E-state index contributed by atoms with van der Waals surface area (Å²) in [7, 11) is 0. The van der Waals surface area contributed by atoms with Crippen molar-refractivity contribution in [2.45, 2.75) is 6.92 Å². The van der Waals surface area contributed by atoms with Crippen molar-refractivity contribution in [1.29, 1.82) is 0 Å². The van der Waals surface area contributed by atoms with Gasteiger partial charge >= 0.3 is 0 Å². The maximum absolute atomic E-state index is 4.15. The zero-order valence-corrected chi connectivity index (χ0v) is 7.94. The highest BCUT2D eigenvalue weighted by atomic mass is 15.0. The normalized spacial score (nSPS) is 9.79. The maximum Gasteiger partial charge on any atom is 0.136 e. The second kappa shape index (κ2) is 3.87. The number of anilines is 2. The van der Waals surface area contributed by atoms with E-state index in [0.29, 0.717) is 0 Å². The van der Waals surface area contributed by atoms with Gasteiger partial charge in [0.1, 0.15) is 12.1 Å². The van der Waals surface area contributed by atoms with Gasteiger partial charge in [0.2, 0.25) is 0 Å². The van der Waals surface area contributed by atoms with Crippen molar-refractivity contribution >= 4 is 11.5 Å². The number of hydrogen-bond donors (Lipinski definition) is 1. The molecule has 1 heterocycles. The lowest BCUT2D eigenvalue weighted by Crippen LogP contribution is -1.96. The second-order valence-electron chi connectivity index (χ2n) is 3.05. The Morgan fingerprint density at radius 1 is 1.14 bits per heavy atom. The topological polar surface area (TPSA) is 37.8 Å². The van der Waals surface area contributed by atoms with Crippen LogP contribution in [-0.2, 0) is 0 Å². The first kappa shape index (κ1) is 8.69. The first-order chi connectivity index (χ1) is 6.86. The summed E-state index contributed by atoms with van der Waals surface area (Å²) in [6.07, 6.45) is 3.33.